The van der Waals surface area contributed by atoms with Crippen LogP contribution in [-0.2, 0) is 12.6 Å². The minimum absolute atomic E-state index is 0.472. The second kappa shape index (κ2) is 5.94. The number of benzene rings is 1. The number of pyridine rings is 1. The lowest BCUT2D eigenvalue weighted by Gasteiger charge is -2.10. The Labute approximate surface area is 115 Å². The van der Waals surface area contributed by atoms with Gasteiger partial charge in [0, 0.05) is 24.1 Å². The summed E-state index contributed by atoms with van der Waals surface area (Å²) < 4.78 is 37.7. The molecular formula is C15H15F3N2. The molecule has 0 fully saturated rings. The second-order valence-electron chi connectivity index (χ2n) is 4.56. The van der Waals surface area contributed by atoms with Crippen molar-refractivity contribution in [1.82, 2.24) is 4.98 Å². The predicted molar refractivity (Wildman–Crippen MR) is 72.6 cm³/mol. The average molecular weight is 280 g/mol. The van der Waals surface area contributed by atoms with E-state index in [1.165, 1.54) is 6.07 Å². The number of nitrogens with zero attached hydrogens (tertiary/aromatic N) is 1. The monoisotopic (exact) mass is 280 g/mol. The SMILES string of the molecule is Cc1ccc(CCNc2cccc(C(F)(F)F)c2)cn1. The third-order valence-corrected chi connectivity index (χ3v) is 2.91. The number of hydrogen-bond donors (Lipinski definition) is 1. The zero-order valence-corrected chi connectivity index (χ0v) is 11.0. The lowest BCUT2D eigenvalue weighted by atomic mass is 10.1. The number of anilines is 1. The normalized spacial score (nSPS) is 11.4. The smallest absolute Gasteiger partial charge is 0.385 e. The third-order valence-electron chi connectivity index (χ3n) is 2.91. The summed E-state index contributed by atoms with van der Waals surface area (Å²) in [5.41, 5.74) is 1.83. The summed E-state index contributed by atoms with van der Waals surface area (Å²) in [5.74, 6) is 0. The molecule has 5 heteroatoms. The molecule has 0 spiro atoms. The number of aromatic nitrogens is 1. The Kier molecular flexibility index (Phi) is 4.27. The molecule has 0 aliphatic carbocycles. The highest BCUT2D eigenvalue weighted by Gasteiger charge is 2.30. The Balaban J connectivity index is 1.93. The van der Waals surface area contributed by atoms with Gasteiger partial charge in [0.1, 0.15) is 0 Å². The molecule has 1 aromatic carbocycles. The molecule has 2 aromatic rings. The number of nitrogens with one attached hydrogen (secondary N) is 1. The van der Waals surface area contributed by atoms with Crippen LogP contribution in [0.5, 0.6) is 0 Å². The van der Waals surface area contributed by atoms with E-state index in [-0.39, 0.29) is 0 Å². The van der Waals surface area contributed by atoms with Crippen LogP contribution in [0.2, 0.25) is 0 Å². The first-order valence-corrected chi connectivity index (χ1v) is 6.28. The van der Waals surface area contributed by atoms with Crippen LogP contribution in [0.4, 0.5) is 18.9 Å². The highest BCUT2D eigenvalue weighted by atomic mass is 19.4. The molecule has 1 heterocycles. The van der Waals surface area contributed by atoms with Crippen LogP contribution in [0.15, 0.2) is 42.6 Å². The molecule has 1 N–H and O–H groups in total. The minimum atomic E-state index is -4.31. The quantitative estimate of drug-likeness (QED) is 0.913. The lowest BCUT2D eigenvalue weighted by molar-refractivity contribution is -0.137. The summed E-state index contributed by atoms with van der Waals surface area (Å²) in [4.78, 5) is 4.17. The van der Waals surface area contributed by atoms with E-state index in [2.05, 4.69) is 10.3 Å². The van der Waals surface area contributed by atoms with Gasteiger partial charge in [-0.1, -0.05) is 12.1 Å². The summed E-state index contributed by atoms with van der Waals surface area (Å²) in [6.07, 6.45) is -1.81. The van der Waals surface area contributed by atoms with Gasteiger partial charge in [-0.25, -0.2) is 0 Å². The summed E-state index contributed by atoms with van der Waals surface area (Å²) in [6, 6.07) is 9.10. The molecule has 0 aliphatic heterocycles. The molecule has 2 nitrogen and oxygen atoms in total. The molecule has 0 bridgehead atoms. The van der Waals surface area contributed by atoms with Crippen LogP contribution >= 0.6 is 0 Å². The van der Waals surface area contributed by atoms with Crippen molar-refractivity contribution in [3.05, 3.63) is 59.4 Å². The fraction of sp³-hybridized carbons (Fsp3) is 0.267. The van der Waals surface area contributed by atoms with Gasteiger partial charge < -0.3 is 5.32 Å². The Morgan fingerprint density at radius 2 is 1.95 bits per heavy atom. The first-order valence-electron chi connectivity index (χ1n) is 6.28. The molecule has 0 radical (unpaired) electrons. The Morgan fingerprint density at radius 3 is 2.60 bits per heavy atom. The van der Waals surface area contributed by atoms with Gasteiger partial charge in [-0.05, 0) is 43.2 Å². The fourth-order valence-corrected chi connectivity index (χ4v) is 1.80. The van der Waals surface area contributed by atoms with E-state index in [1.807, 2.05) is 19.1 Å². The Morgan fingerprint density at radius 1 is 1.15 bits per heavy atom. The molecular weight excluding hydrogens is 265 g/mol. The van der Waals surface area contributed by atoms with Gasteiger partial charge in [0.2, 0.25) is 0 Å². The number of aryl methyl sites for hydroxylation is 1. The first-order chi connectivity index (χ1) is 9.45. The van der Waals surface area contributed by atoms with Crippen LogP contribution < -0.4 is 5.32 Å². The van der Waals surface area contributed by atoms with Crippen LogP contribution in [0.1, 0.15) is 16.8 Å². The van der Waals surface area contributed by atoms with E-state index in [9.17, 15) is 13.2 Å². The second-order valence-corrected chi connectivity index (χ2v) is 4.56. The molecule has 0 aliphatic rings. The van der Waals surface area contributed by atoms with Crippen molar-refractivity contribution in [3.8, 4) is 0 Å². The topological polar surface area (TPSA) is 24.9 Å². The summed E-state index contributed by atoms with van der Waals surface area (Å²) in [6.45, 7) is 2.47. The largest absolute Gasteiger partial charge is 0.416 e. The van der Waals surface area contributed by atoms with Crippen molar-refractivity contribution < 1.29 is 13.2 Å². The summed E-state index contributed by atoms with van der Waals surface area (Å²) >= 11 is 0. The van der Waals surface area contributed by atoms with Gasteiger partial charge >= 0.3 is 6.18 Å². The molecule has 106 valence electrons. The molecule has 0 saturated carbocycles. The van der Waals surface area contributed by atoms with Crippen molar-refractivity contribution in [2.24, 2.45) is 0 Å². The van der Waals surface area contributed by atoms with Crippen molar-refractivity contribution in [1.29, 1.82) is 0 Å². The Hall–Kier alpha value is -2.04. The summed E-state index contributed by atoms with van der Waals surface area (Å²) in [7, 11) is 0. The van der Waals surface area contributed by atoms with E-state index < -0.39 is 11.7 Å². The maximum absolute atomic E-state index is 12.6. The molecule has 0 atom stereocenters. The maximum atomic E-state index is 12.6. The van der Waals surface area contributed by atoms with Gasteiger partial charge in [0.15, 0.2) is 0 Å². The van der Waals surface area contributed by atoms with Crippen LogP contribution in [0.25, 0.3) is 0 Å². The van der Waals surface area contributed by atoms with Crippen molar-refractivity contribution >= 4 is 5.69 Å². The average Bonchev–Trinajstić information content (AvgIpc) is 2.40. The maximum Gasteiger partial charge on any atom is 0.416 e. The van der Waals surface area contributed by atoms with Gasteiger partial charge in [0.25, 0.3) is 0 Å². The van der Waals surface area contributed by atoms with Crippen LogP contribution in [0, 0.1) is 6.92 Å². The van der Waals surface area contributed by atoms with E-state index in [0.29, 0.717) is 18.7 Å². The predicted octanol–water partition coefficient (Wildman–Crippen LogP) is 4.06. The molecule has 1 aromatic heterocycles. The van der Waals surface area contributed by atoms with Crippen molar-refractivity contribution in [2.75, 3.05) is 11.9 Å². The molecule has 0 unspecified atom stereocenters. The van der Waals surface area contributed by atoms with Crippen molar-refractivity contribution in [2.45, 2.75) is 19.5 Å². The molecule has 0 amide bonds. The highest BCUT2D eigenvalue weighted by Crippen LogP contribution is 2.30. The van der Waals surface area contributed by atoms with Gasteiger partial charge in [-0.3, -0.25) is 4.98 Å². The van der Waals surface area contributed by atoms with Crippen molar-refractivity contribution in [3.63, 3.8) is 0 Å². The third kappa shape index (κ3) is 3.98. The first kappa shape index (κ1) is 14.4. The van der Waals surface area contributed by atoms with Gasteiger partial charge in [0.05, 0.1) is 5.56 Å². The van der Waals surface area contributed by atoms with E-state index in [1.54, 1.807) is 12.3 Å². The number of halogens is 3. The lowest BCUT2D eigenvalue weighted by Crippen LogP contribution is -2.08. The minimum Gasteiger partial charge on any atom is -0.385 e. The van der Waals surface area contributed by atoms with Crippen LogP contribution in [0.3, 0.4) is 0 Å². The van der Waals surface area contributed by atoms with Gasteiger partial charge in [-0.2, -0.15) is 13.2 Å². The Bertz CT molecular complexity index is 562. The number of rotatable bonds is 4. The molecule has 2 rings (SSSR count). The molecule has 0 saturated heterocycles. The van der Waals surface area contributed by atoms with E-state index in [0.717, 1.165) is 23.4 Å². The zero-order chi connectivity index (χ0) is 14.6. The van der Waals surface area contributed by atoms with Gasteiger partial charge in [-0.15, -0.1) is 0 Å². The van der Waals surface area contributed by atoms with Crippen LogP contribution in [-0.4, -0.2) is 11.5 Å². The summed E-state index contributed by atoms with van der Waals surface area (Å²) in [5, 5.41) is 2.99. The highest BCUT2D eigenvalue weighted by molar-refractivity contribution is 5.46. The number of hydrogen-bond acceptors (Lipinski definition) is 2. The fourth-order valence-electron chi connectivity index (χ4n) is 1.80. The number of alkyl halides is 3. The zero-order valence-electron chi connectivity index (χ0n) is 11.0. The standard InChI is InChI=1S/C15H15F3N2/c1-11-5-6-12(10-20-11)7-8-19-14-4-2-3-13(9-14)15(16,17)18/h2-6,9-10,19H,7-8H2,1H3. The van der Waals surface area contributed by atoms with E-state index >= 15 is 0 Å². The molecule has 20 heavy (non-hydrogen) atoms. The van der Waals surface area contributed by atoms with E-state index in [4.69, 9.17) is 0 Å².